The molecule has 1 aliphatic rings. The molecule has 3 aromatic rings. The maximum absolute atomic E-state index is 5.60. The van der Waals surface area contributed by atoms with Gasteiger partial charge in [-0.05, 0) is 63.6 Å². The lowest BCUT2D eigenvalue weighted by Crippen LogP contribution is -2.34. The first-order chi connectivity index (χ1) is 12.3. The Balaban J connectivity index is 1.51. The molecule has 2 aromatic heterocycles. The Bertz CT molecular complexity index is 846. The van der Waals surface area contributed by atoms with E-state index in [2.05, 4.69) is 26.2 Å². The van der Waals surface area contributed by atoms with Crippen LogP contribution in [0.2, 0.25) is 0 Å². The normalized spacial score (nSPS) is 16.7. The van der Waals surface area contributed by atoms with E-state index in [1.54, 1.807) is 4.68 Å². The van der Waals surface area contributed by atoms with Gasteiger partial charge in [0.15, 0.2) is 0 Å². The fourth-order valence-corrected chi connectivity index (χ4v) is 3.57. The van der Waals surface area contributed by atoms with Gasteiger partial charge in [-0.1, -0.05) is 18.2 Å². The summed E-state index contributed by atoms with van der Waals surface area (Å²) in [5, 5.41) is 9.87. The summed E-state index contributed by atoms with van der Waals surface area (Å²) in [6.07, 6.45) is 3.15. The van der Waals surface area contributed by atoms with E-state index in [1.165, 1.54) is 0 Å². The van der Waals surface area contributed by atoms with E-state index in [0.717, 1.165) is 67.9 Å². The van der Waals surface area contributed by atoms with E-state index in [0.29, 0.717) is 11.9 Å². The van der Waals surface area contributed by atoms with E-state index in [4.69, 9.17) is 10.3 Å². The minimum absolute atomic E-state index is 0.332. The van der Waals surface area contributed by atoms with Crippen LogP contribution in [0.3, 0.4) is 0 Å². The molecule has 0 radical (unpaired) electrons. The Hall–Kier alpha value is -2.25. The van der Waals surface area contributed by atoms with Gasteiger partial charge in [-0.2, -0.15) is 14.8 Å². The van der Waals surface area contributed by atoms with Gasteiger partial charge in [0.25, 0.3) is 5.95 Å². The van der Waals surface area contributed by atoms with E-state index in [9.17, 15) is 0 Å². The van der Waals surface area contributed by atoms with Crippen LogP contribution in [0.15, 0.2) is 28.8 Å². The number of benzene rings is 1. The number of rotatable bonds is 5. The fourth-order valence-electron chi connectivity index (χ4n) is 3.57. The van der Waals surface area contributed by atoms with Crippen molar-refractivity contribution in [1.82, 2.24) is 24.8 Å². The van der Waals surface area contributed by atoms with Crippen LogP contribution in [0.25, 0.3) is 16.9 Å². The largest absolute Gasteiger partial charge is 0.337 e. The number of para-hydroxylation sites is 1. The van der Waals surface area contributed by atoms with Gasteiger partial charge < -0.3 is 15.2 Å². The van der Waals surface area contributed by atoms with E-state index in [-0.39, 0.29) is 0 Å². The van der Waals surface area contributed by atoms with Gasteiger partial charge in [0.1, 0.15) is 0 Å². The van der Waals surface area contributed by atoms with Gasteiger partial charge in [0.2, 0.25) is 5.89 Å². The minimum Gasteiger partial charge on any atom is -0.337 e. The molecule has 3 heterocycles. The standard InChI is InChI=1S/C18H24N6O/c1-13-15-5-2-3-6-16(15)24(21-13)18-20-17(25-22-18)14-7-11-23(12-8-14)10-4-9-19/h2-3,5-6,14H,4,7-12,19H2,1H3. The zero-order valence-electron chi connectivity index (χ0n) is 14.6. The van der Waals surface area contributed by atoms with Crippen molar-refractivity contribution >= 4 is 10.9 Å². The van der Waals surface area contributed by atoms with Crippen LogP contribution in [0.4, 0.5) is 0 Å². The van der Waals surface area contributed by atoms with Crippen LogP contribution >= 0.6 is 0 Å². The third kappa shape index (κ3) is 3.17. The highest BCUT2D eigenvalue weighted by molar-refractivity contribution is 5.82. The Labute approximate surface area is 146 Å². The maximum Gasteiger partial charge on any atom is 0.291 e. The molecule has 1 saturated heterocycles. The maximum atomic E-state index is 5.60. The molecule has 0 aliphatic carbocycles. The van der Waals surface area contributed by atoms with Crippen LogP contribution < -0.4 is 5.73 Å². The van der Waals surface area contributed by atoms with Crippen molar-refractivity contribution < 1.29 is 4.52 Å². The molecule has 0 spiro atoms. The van der Waals surface area contributed by atoms with Crippen molar-refractivity contribution in [2.45, 2.75) is 32.1 Å². The predicted octanol–water partition coefficient (Wildman–Crippen LogP) is 2.25. The summed E-state index contributed by atoms with van der Waals surface area (Å²) in [5.74, 6) is 1.58. The molecule has 0 atom stereocenters. The summed E-state index contributed by atoms with van der Waals surface area (Å²) in [6.45, 7) is 5.95. The van der Waals surface area contributed by atoms with E-state index in [1.807, 2.05) is 25.1 Å². The second-order valence-corrected chi connectivity index (χ2v) is 6.71. The number of piperidine rings is 1. The molecule has 132 valence electrons. The molecular formula is C18H24N6O. The first-order valence-corrected chi connectivity index (χ1v) is 8.97. The highest BCUT2D eigenvalue weighted by Crippen LogP contribution is 2.28. The Morgan fingerprint density at radius 1 is 1.24 bits per heavy atom. The smallest absolute Gasteiger partial charge is 0.291 e. The quantitative estimate of drug-likeness (QED) is 0.766. The molecule has 0 saturated carbocycles. The number of aryl methyl sites for hydroxylation is 1. The monoisotopic (exact) mass is 340 g/mol. The van der Waals surface area contributed by atoms with Crippen LogP contribution in [-0.2, 0) is 0 Å². The lowest BCUT2D eigenvalue weighted by atomic mass is 9.97. The third-order valence-corrected chi connectivity index (χ3v) is 5.01. The van der Waals surface area contributed by atoms with Gasteiger partial charge in [-0.25, -0.2) is 0 Å². The predicted molar refractivity (Wildman–Crippen MR) is 95.7 cm³/mol. The number of fused-ring (bicyclic) bond motifs is 1. The molecule has 25 heavy (non-hydrogen) atoms. The zero-order valence-corrected chi connectivity index (χ0v) is 14.6. The molecule has 0 amide bonds. The lowest BCUT2D eigenvalue weighted by Gasteiger charge is -2.30. The van der Waals surface area contributed by atoms with Crippen LogP contribution in [-0.4, -0.2) is 51.0 Å². The summed E-state index contributed by atoms with van der Waals surface area (Å²) in [5.41, 5.74) is 7.57. The molecule has 7 nitrogen and oxygen atoms in total. The number of nitrogens with zero attached hydrogens (tertiary/aromatic N) is 5. The minimum atomic E-state index is 0.332. The number of aromatic nitrogens is 4. The number of nitrogens with two attached hydrogens (primary N) is 1. The van der Waals surface area contributed by atoms with Crippen molar-refractivity contribution in [1.29, 1.82) is 0 Å². The molecule has 1 fully saturated rings. The van der Waals surface area contributed by atoms with Crippen molar-refractivity contribution in [3.05, 3.63) is 35.9 Å². The number of hydrogen-bond donors (Lipinski definition) is 1. The van der Waals surface area contributed by atoms with E-state index >= 15 is 0 Å². The summed E-state index contributed by atoms with van der Waals surface area (Å²) in [6, 6.07) is 8.10. The SMILES string of the molecule is Cc1nn(-c2noc(C3CCN(CCCN)CC3)n2)c2ccccc12. The average Bonchev–Trinajstić information content (AvgIpc) is 3.26. The molecule has 7 heteroatoms. The van der Waals surface area contributed by atoms with Crippen molar-refractivity contribution in [3.8, 4) is 5.95 Å². The summed E-state index contributed by atoms with van der Waals surface area (Å²) in [4.78, 5) is 7.10. The van der Waals surface area contributed by atoms with Gasteiger partial charge >= 0.3 is 0 Å². The average molecular weight is 340 g/mol. The summed E-state index contributed by atoms with van der Waals surface area (Å²) < 4.78 is 7.34. The molecular weight excluding hydrogens is 316 g/mol. The van der Waals surface area contributed by atoms with Gasteiger partial charge in [0, 0.05) is 11.3 Å². The molecule has 0 bridgehead atoms. The zero-order chi connectivity index (χ0) is 17.2. The third-order valence-electron chi connectivity index (χ3n) is 5.01. The van der Waals surface area contributed by atoms with Crippen LogP contribution in [0, 0.1) is 6.92 Å². The molecule has 0 unspecified atom stereocenters. The van der Waals surface area contributed by atoms with Gasteiger partial charge in [-0.3, -0.25) is 0 Å². The molecule has 1 aromatic carbocycles. The first-order valence-electron chi connectivity index (χ1n) is 8.97. The van der Waals surface area contributed by atoms with Crippen LogP contribution in [0.5, 0.6) is 0 Å². The van der Waals surface area contributed by atoms with Gasteiger partial charge in [-0.15, -0.1) is 0 Å². The second-order valence-electron chi connectivity index (χ2n) is 6.71. The number of likely N-dealkylation sites (tertiary alicyclic amines) is 1. The Morgan fingerprint density at radius 3 is 2.84 bits per heavy atom. The van der Waals surface area contributed by atoms with Crippen LogP contribution in [0.1, 0.15) is 36.8 Å². The summed E-state index contributed by atoms with van der Waals surface area (Å²) in [7, 11) is 0. The molecule has 1 aliphatic heterocycles. The van der Waals surface area contributed by atoms with Crippen molar-refractivity contribution in [2.75, 3.05) is 26.2 Å². The fraction of sp³-hybridized carbons (Fsp3) is 0.500. The first kappa shape index (κ1) is 16.2. The lowest BCUT2D eigenvalue weighted by molar-refractivity contribution is 0.193. The van der Waals surface area contributed by atoms with Crippen molar-refractivity contribution in [2.24, 2.45) is 5.73 Å². The van der Waals surface area contributed by atoms with Crippen molar-refractivity contribution in [3.63, 3.8) is 0 Å². The highest BCUT2D eigenvalue weighted by atomic mass is 16.5. The molecule has 2 N–H and O–H groups in total. The van der Waals surface area contributed by atoms with E-state index < -0.39 is 0 Å². The molecule has 4 rings (SSSR count). The number of hydrogen-bond acceptors (Lipinski definition) is 6. The topological polar surface area (TPSA) is 86.0 Å². The highest BCUT2D eigenvalue weighted by Gasteiger charge is 2.25. The Morgan fingerprint density at radius 2 is 2.04 bits per heavy atom. The summed E-state index contributed by atoms with van der Waals surface area (Å²) >= 11 is 0. The van der Waals surface area contributed by atoms with Gasteiger partial charge in [0.05, 0.1) is 11.2 Å². The second kappa shape index (κ2) is 6.93. The Kier molecular flexibility index (Phi) is 4.50.